The first kappa shape index (κ1) is 10.7. The van der Waals surface area contributed by atoms with E-state index in [4.69, 9.17) is 0 Å². The summed E-state index contributed by atoms with van der Waals surface area (Å²) >= 11 is 1.50. The van der Waals surface area contributed by atoms with Gasteiger partial charge in [0.25, 0.3) is 0 Å². The maximum absolute atomic E-state index is 4.48. The van der Waals surface area contributed by atoms with E-state index in [0.717, 1.165) is 24.0 Å². The third-order valence-corrected chi connectivity index (χ3v) is 4.01. The Morgan fingerprint density at radius 2 is 2.06 bits per heavy atom. The molecule has 0 saturated heterocycles. The minimum absolute atomic E-state index is 0.877. The van der Waals surface area contributed by atoms with Crippen molar-refractivity contribution in [2.75, 3.05) is 11.4 Å². The summed E-state index contributed by atoms with van der Waals surface area (Å²) in [5.74, 6) is 0.877. The van der Waals surface area contributed by atoms with Gasteiger partial charge in [-0.25, -0.2) is 4.98 Å². The zero-order chi connectivity index (χ0) is 11.7. The van der Waals surface area contributed by atoms with Crippen LogP contribution in [0.2, 0.25) is 0 Å². The average Bonchev–Trinajstić information content (AvgIpc) is 2.65. The molecule has 0 spiro atoms. The van der Waals surface area contributed by atoms with Crippen molar-refractivity contribution in [1.29, 1.82) is 0 Å². The van der Waals surface area contributed by atoms with Crippen LogP contribution >= 0.6 is 11.5 Å². The van der Waals surface area contributed by atoms with E-state index in [1.807, 2.05) is 6.92 Å². The minimum atomic E-state index is 0.877. The number of aryl methyl sites for hydroxylation is 2. The molecule has 0 fully saturated rings. The van der Waals surface area contributed by atoms with Crippen molar-refractivity contribution in [3.8, 4) is 0 Å². The highest BCUT2D eigenvalue weighted by atomic mass is 32.1. The Morgan fingerprint density at radius 1 is 1.24 bits per heavy atom. The molecule has 0 aliphatic carbocycles. The first-order chi connectivity index (χ1) is 8.33. The Hall–Kier alpha value is -1.42. The molecule has 3 nitrogen and oxygen atoms in total. The summed E-state index contributed by atoms with van der Waals surface area (Å²) in [6.07, 6.45) is 2.36. The van der Waals surface area contributed by atoms with E-state index in [1.165, 1.54) is 35.5 Å². The predicted octanol–water partition coefficient (Wildman–Crippen LogP) is 2.80. The Labute approximate surface area is 105 Å². The second kappa shape index (κ2) is 4.45. The highest BCUT2D eigenvalue weighted by Gasteiger charge is 2.16. The lowest BCUT2D eigenvalue weighted by atomic mass is 10.0. The molecule has 0 atom stereocenters. The molecule has 88 valence electrons. The van der Waals surface area contributed by atoms with Crippen LogP contribution in [-0.2, 0) is 13.0 Å². The van der Waals surface area contributed by atoms with Gasteiger partial charge in [0.1, 0.15) is 5.82 Å². The average molecular weight is 245 g/mol. The SMILES string of the molecule is Cc1nsc(N2CCCc3ccccc3C2)n1. The molecule has 0 amide bonds. The summed E-state index contributed by atoms with van der Waals surface area (Å²) in [6, 6.07) is 8.71. The van der Waals surface area contributed by atoms with E-state index in [2.05, 4.69) is 38.5 Å². The molecular weight excluding hydrogens is 230 g/mol. The normalized spacial score (nSPS) is 15.5. The fraction of sp³-hybridized carbons (Fsp3) is 0.385. The van der Waals surface area contributed by atoms with Gasteiger partial charge in [0.05, 0.1) is 0 Å². The van der Waals surface area contributed by atoms with Crippen LogP contribution in [0.25, 0.3) is 0 Å². The van der Waals surface area contributed by atoms with Crippen molar-refractivity contribution >= 4 is 16.7 Å². The van der Waals surface area contributed by atoms with Gasteiger partial charge >= 0.3 is 0 Å². The molecule has 0 radical (unpaired) electrons. The van der Waals surface area contributed by atoms with Gasteiger partial charge in [-0.05, 0) is 30.9 Å². The number of nitrogens with zero attached hydrogens (tertiary/aromatic N) is 3. The van der Waals surface area contributed by atoms with Crippen LogP contribution in [0.4, 0.5) is 5.13 Å². The van der Waals surface area contributed by atoms with E-state index in [-0.39, 0.29) is 0 Å². The molecule has 3 rings (SSSR count). The zero-order valence-electron chi connectivity index (χ0n) is 9.89. The summed E-state index contributed by atoms with van der Waals surface area (Å²) in [5.41, 5.74) is 2.91. The van der Waals surface area contributed by atoms with Crippen molar-refractivity contribution in [2.45, 2.75) is 26.3 Å². The number of aromatic nitrogens is 2. The van der Waals surface area contributed by atoms with Gasteiger partial charge in [0.2, 0.25) is 5.13 Å². The van der Waals surface area contributed by atoms with Gasteiger partial charge in [-0.1, -0.05) is 24.3 Å². The monoisotopic (exact) mass is 245 g/mol. The molecule has 1 aromatic heterocycles. The van der Waals surface area contributed by atoms with Crippen LogP contribution in [0.5, 0.6) is 0 Å². The number of benzene rings is 1. The lowest BCUT2D eigenvalue weighted by Crippen LogP contribution is -2.22. The van der Waals surface area contributed by atoms with E-state index >= 15 is 0 Å². The quantitative estimate of drug-likeness (QED) is 0.773. The molecule has 0 N–H and O–H groups in total. The molecule has 17 heavy (non-hydrogen) atoms. The van der Waals surface area contributed by atoms with Gasteiger partial charge in [-0.15, -0.1) is 0 Å². The molecular formula is C13H15N3S. The highest BCUT2D eigenvalue weighted by molar-refractivity contribution is 7.09. The topological polar surface area (TPSA) is 29.0 Å². The van der Waals surface area contributed by atoms with E-state index in [0.29, 0.717) is 0 Å². The fourth-order valence-corrected chi connectivity index (χ4v) is 2.98. The third-order valence-electron chi connectivity index (χ3n) is 3.14. The Balaban J connectivity index is 1.90. The van der Waals surface area contributed by atoms with Crippen LogP contribution < -0.4 is 4.90 Å². The smallest absolute Gasteiger partial charge is 0.205 e. The van der Waals surface area contributed by atoms with Gasteiger partial charge in [-0.2, -0.15) is 4.37 Å². The van der Waals surface area contributed by atoms with Crippen LogP contribution in [0.3, 0.4) is 0 Å². The van der Waals surface area contributed by atoms with Gasteiger partial charge in [0.15, 0.2) is 0 Å². The molecule has 1 aliphatic rings. The van der Waals surface area contributed by atoms with Crippen LogP contribution in [-0.4, -0.2) is 15.9 Å². The number of fused-ring (bicyclic) bond motifs is 1. The minimum Gasteiger partial charge on any atom is -0.343 e. The lowest BCUT2D eigenvalue weighted by molar-refractivity contribution is 0.761. The largest absolute Gasteiger partial charge is 0.343 e. The summed E-state index contributed by atoms with van der Waals surface area (Å²) in [7, 11) is 0. The van der Waals surface area contributed by atoms with Crippen molar-refractivity contribution < 1.29 is 0 Å². The van der Waals surface area contributed by atoms with E-state index in [1.54, 1.807) is 0 Å². The number of rotatable bonds is 1. The van der Waals surface area contributed by atoms with Crippen molar-refractivity contribution in [2.24, 2.45) is 0 Å². The first-order valence-corrected chi connectivity index (χ1v) is 6.72. The van der Waals surface area contributed by atoms with Crippen LogP contribution in [0, 0.1) is 6.92 Å². The van der Waals surface area contributed by atoms with Crippen molar-refractivity contribution in [3.05, 3.63) is 41.2 Å². The van der Waals surface area contributed by atoms with Crippen molar-refractivity contribution in [1.82, 2.24) is 9.36 Å². The van der Waals surface area contributed by atoms with E-state index in [9.17, 15) is 0 Å². The Bertz CT molecular complexity index is 521. The summed E-state index contributed by atoms with van der Waals surface area (Å²) in [5, 5.41) is 1.05. The van der Waals surface area contributed by atoms with Gasteiger partial charge < -0.3 is 4.90 Å². The number of hydrogen-bond donors (Lipinski definition) is 0. The highest BCUT2D eigenvalue weighted by Crippen LogP contribution is 2.24. The van der Waals surface area contributed by atoms with E-state index < -0.39 is 0 Å². The van der Waals surface area contributed by atoms with Gasteiger partial charge in [-0.3, -0.25) is 0 Å². The number of anilines is 1. The first-order valence-electron chi connectivity index (χ1n) is 5.95. The zero-order valence-corrected chi connectivity index (χ0v) is 10.7. The molecule has 0 unspecified atom stereocenters. The molecule has 0 bridgehead atoms. The van der Waals surface area contributed by atoms with Crippen LogP contribution in [0.1, 0.15) is 23.4 Å². The molecule has 0 saturated carbocycles. The molecule has 4 heteroatoms. The lowest BCUT2D eigenvalue weighted by Gasteiger charge is -2.18. The Morgan fingerprint density at radius 3 is 2.82 bits per heavy atom. The van der Waals surface area contributed by atoms with Gasteiger partial charge in [0, 0.05) is 24.6 Å². The fourth-order valence-electron chi connectivity index (χ4n) is 2.28. The standard InChI is InChI=1S/C13H15N3S/c1-10-14-13(17-15-10)16-8-4-7-11-5-2-3-6-12(11)9-16/h2-3,5-6H,4,7-9H2,1H3. The maximum atomic E-state index is 4.48. The maximum Gasteiger partial charge on any atom is 0.205 e. The number of hydrogen-bond acceptors (Lipinski definition) is 4. The second-order valence-electron chi connectivity index (χ2n) is 4.42. The second-order valence-corrected chi connectivity index (χ2v) is 5.15. The third kappa shape index (κ3) is 2.17. The predicted molar refractivity (Wildman–Crippen MR) is 70.5 cm³/mol. The molecule has 1 aliphatic heterocycles. The summed E-state index contributed by atoms with van der Waals surface area (Å²) in [4.78, 5) is 6.83. The van der Waals surface area contributed by atoms with Crippen LogP contribution in [0.15, 0.2) is 24.3 Å². The summed E-state index contributed by atoms with van der Waals surface area (Å²) in [6.45, 7) is 3.99. The Kier molecular flexibility index (Phi) is 2.81. The molecule has 1 aromatic carbocycles. The summed E-state index contributed by atoms with van der Waals surface area (Å²) < 4.78 is 4.27. The van der Waals surface area contributed by atoms with Crippen molar-refractivity contribution in [3.63, 3.8) is 0 Å². The molecule has 2 heterocycles. The molecule has 2 aromatic rings.